The first-order chi connectivity index (χ1) is 8.25. The maximum Gasteiger partial charge on any atom is 0.293 e. The number of fused-ring (bicyclic) bond motifs is 1. The second kappa shape index (κ2) is 4.69. The van der Waals surface area contributed by atoms with Crippen LogP contribution >= 0.6 is 23.4 Å². The minimum Gasteiger partial charge on any atom is -0.284 e. The molecule has 3 rings (SSSR count). The summed E-state index contributed by atoms with van der Waals surface area (Å²) in [7, 11) is 0. The highest BCUT2D eigenvalue weighted by molar-refractivity contribution is 7.99. The van der Waals surface area contributed by atoms with Gasteiger partial charge in [-0.1, -0.05) is 24.4 Å². The second-order valence-corrected chi connectivity index (χ2v) is 6.67. The molecule has 0 amide bonds. The van der Waals surface area contributed by atoms with Gasteiger partial charge in [-0.15, -0.1) is 0 Å². The molecule has 0 saturated heterocycles. The van der Waals surface area contributed by atoms with E-state index in [0.29, 0.717) is 5.25 Å². The first kappa shape index (κ1) is 11.7. The van der Waals surface area contributed by atoms with Crippen molar-refractivity contribution in [2.45, 2.75) is 55.2 Å². The van der Waals surface area contributed by atoms with E-state index in [9.17, 15) is 5.21 Å². The third-order valence-electron chi connectivity index (χ3n) is 3.78. The highest BCUT2D eigenvalue weighted by Gasteiger charge is 2.31. The number of hydrogen-bond donors (Lipinski definition) is 1. The summed E-state index contributed by atoms with van der Waals surface area (Å²) in [6.45, 7) is 0. The van der Waals surface area contributed by atoms with E-state index >= 15 is 0 Å². The van der Waals surface area contributed by atoms with Crippen molar-refractivity contribution in [1.29, 1.82) is 0 Å². The summed E-state index contributed by atoms with van der Waals surface area (Å²) in [5, 5.41) is 12.6. The van der Waals surface area contributed by atoms with Crippen molar-refractivity contribution in [3.05, 3.63) is 22.3 Å². The van der Waals surface area contributed by atoms with E-state index < -0.39 is 0 Å². The lowest BCUT2D eigenvalue weighted by atomic mass is 10.2. The molecule has 4 heteroatoms. The molecule has 1 N–H and O–H groups in total. The predicted octanol–water partition coefficient (Wildman–Crippen LogP) is 3.39. The molecule has 0 aromatic carbocycles. The first-order valence-corrected chi connectivity index (χ1v) is 7.63. The van der Waals surface area contributed by atoms with Crippen LogP contribution < -0.4 is 4.73 Å². The monoisotopic (exact) mass is 270 g/mol. The minimum absolute atomic E-state index is 0.656. The zero-order chi connectivity index (χ0) is 11.8. The van der Waals surface area contributed by atoms with Crippen LogP contribution in [0.2, 0.25) is 5.02 Å². The van der Waals surface area contributed by atoms with E-state index in [1.165, 1.54) is 30.4 Å². The van der Waals surface area contributed by atoms with Crippen molar-refractivity contribution in [3.63, 3.8) is 0 Å². The van der Waals surface area contributed by atoms with E-state index in [1.54, 1.807) is 11.8 Å². The normalized spacial score (nSPS) is 19.8. The molecule has 17 heavy (non-hydrogen) atoms. The average Bonchev–Trinajstić information content (AvgIpc) is 2.96. The summed E-state index contributed by atoms with van der Waals surface area (Å²) in [4.78, 5) is 0. The molecule has 92 valence electrons. The smallest absolute Gasteiger partial charge is 0.284 e. The highest BCUT2D eigenvalue weighted by atomic mass is 35.5. The molecule has 1 saturated carbocycles. The quantitative estimate of drug-likeness (QED) is 0.658. The van der Waals surface area contributed by atoms with Crippen LogP contribution in [0.15, 0.2) is 11.1 Å². The van der Waals surface area contributed by atoms with Crippen molar-refractivity contribution in [1.82, 2.24) is 0 Å². The van der Waals surface area contributed by atoms with Gasteiger partial charge in [-0.3, -0.25) is 5.21 Å². The van der Waals surface area contributed by atoms with Gasteiger partial charge in [0.2, 0.25) is 5.69 Å². The zero-order valence-corrected chi connectivity index (χ0v) is 11.4. The van der Waals surface area contributed by atoms with Crippen LogP contribution in [0.4, 0.5) is 0 Å². The highest BCUT2D eigenvalue weighted by Crippen LogP contribution is 2.36. The van der Waals surface area contributed by atoms with Crippen LogP contribution in [0.25, 0.3) is 0 Å². The van der Waals surface area contributed by atoms with Crippen LogP contribution in [0.3, 0.4) is 0 Å². The number of aromatic nitrogens is 1. The fraction of sp³-hybridized carbons (Fsp3) is 0.615. The molecule has 0 atom stereocenters. The van der Waals surface area contributed by atoms with Gasteiger partial charge in [0.15, 0.2) is 0 Å². The molecule has 2 aliphatic carbocycles. The van der Waals surface area contributed by atoms with Crippen molar-refractivity contribution in [3.8, 4) is 0 Å². The van der Waals surface area contributed by atoms with Crippen molar-refractivity contribution >= 4 is 23.4 Å². The summed E-state index contributed by atoms with van der Waals surface area (Å²) < 4.78 is 1.39. The molecule has 0 aliphatic heterocycles. The van der Waals surface area contributed by atoms with Crippen LogP contribution in [-0.2, 0) is 12.8 Å². The minimum atomic E-state index is 0.656. The Bertz CT molecular complexity index is 444. The molecule has 1 aromatic heterocycles. The van der Waals surface area contributed by atoms with Crippen molar-refractivity contribution < 1.29 is 9.94 Å². The van der Waals surface area contributed by atoms with E-state index in [-0.39, 0.29) is 0 Å². The molecule has 1 aromatic rings. The SMILES string of the molecule is O[n+]1c(SC2CCCC2)cc(Cl)c2c1CCC2. The second-order valence-electron chi connectivity index (χ2n) is 4.95. The van der Waals surface area contributed by atoms with E-state index in [1.807, 2.05) is 6.07 Å². The summed E-state index contributed by atoms with van der Waals surface area (Å²) in [6.07, 6.45) is 8.23. The molecular weight excluding hydrogens is 254 g/mol. The fourth-order valence-electron chi connectivity index (χ4n) is 2.87. The zero-order valence-electron chi connectivity index (χ0n) is 9.79. The van der Waals surface area contributed by atoms with Gasteiger partial charge in [0.05, 0.1) is 5.02 Å². The lowest BCUT2D eigenvalue weighted by molar-refractivity contribution is -0.936. The third kappa shape index (κ3) is 2.15. The molecule has 0 spiro atoms. The Morgan fingerprint density at radius 3 is 2.76 bits per heavy atom. The van der Waals surface area contributed by atoms with Crippen LogP contribution in [0, 0.1) is 0 Å². The lowest BCUT2D eigenvalue weighted by Gasteiger charge is -2.07. The van der Waals surface area contributed by atoms with E-state index in [0.717, 1.165) is 40.6 Å². The van der Waals surface area contributed by atoms with E-state index in [4.69, 9.17) is 11.6 Å². The number of hydrogen-bond acceptors (Lipinski definition) is 2. The average molecular weight is 271 g/mol. The fourth-order valence-corrected chi connectivity index (χ4v) is 4.55. The number of rotatable bonds is 2. The Balaban J connectivity index is 1.91. The van der Waals surface area contributed by atoms with Crippen LogP contribution in [0.1, 0.15) is 43.4 Å². The summed E-state index contributed by atoms with van der Waals surface area (Å²) in [5.41, 5.74) is 2.17. The van der Waals surface area contributed by atoms with Crippen LogP contribution in [-0.4, -0.2) is 10.5 Å². The molecule has 0 radical (unpaired) electrons. The first-order valence-electron chi connectivity index (χ1n) is 6.38. The Kier molecular flexibility index (Phi) is 3.22. The van der Waals surface area contributed by atoms with Crippen molar-refractivity contribution in [2.24, 2.45) is 0 Å². The standard InChI is InChI=1S/C13H17ClNOS/c14-11-8-13(17-9-4-1-2-5-9)15(16)12-7-3-6-10(11)12/h8-9,16H,1-7H2/q+1. The summed E-state index contributed by atoms with van der Waals surface area (Å²) in [6, 6.07) is 1.94. The van der Waals surface area contributed by atoms with Gasteiger partial charge < -0.3 is 0 Å². The van der Waals surface area contributed by atoms with Gasteiger partial charge in [-0.2, -0.15) is 0 Å². The maximum atomic E-state index is 10.2. The van der Waals surface area contributed by atoms with Gasteiger partial charge in [0.25, 0.3) is 5.03 Å². The maximum absolute atomic E-state index is 10.2. The number of nitrogens with zero attached hydrogens (tertiary/aromatic N) is 1. The number of thioether (sulfide) groups is 1. The Morgan fingerprint density at radius 1 is 1.24 bits per heavy atom. The van der Waals surface area contributed by atoms with Gasteiger partial charge in [-0.25, -0.2) is 0 Å². The largest absolute Gasteiger partial charge is 0.293 e. The number of halogens is 1. The molecule has 2 nitrogen and oxygen atoms in total. The predicted molar refractivity (Wildman–Crippen MR) is 69.0 cm³/mol. The van der Waals surface area contributed by atoms with Gasteiger partial charge in [-0.05, 0) is 37.4 Å². The topological polar surface area (TPSA) is 24.1 Å². The van der Waals surface area contributed by atoms with Gasteiger partial charge >= 0.3 is 0 Å². The Morgan fingerprint density at radius 2 is 2.00 bits per heavy atom. The van der Waals surface area contributed by atoms with Crippen molar-refractivity contribution in [2.75, 3.05) is 0 Å². The molecular formula is C13H17ClNOS+. The molecule has 0 unspecified atom stereocenters. The van der Waals surface area contributed by atoms with Gasteiger partial charge in [0.1, 0.15) is 0 Å². The number of pyridine rings is 1. The summed E-state index contributed by atoms with van der Waals surface area (Å²) in [5.74, 6) is 0. The summed E-state index contributed by atoms with van der Waals surface area (Å²) >= 11 is 8.08. The molecule has 1 fully saturated rings. The van der Waals surface area contributed by atoms with Crippen LogP contribution in [0.5, 0.6) is 0 Å². The van der Waals surface area contributed by atoms with Gasteiger partial charge in [0, 0.05) is 28.0 Å². The lowest BCUT2D eigenvalue weighted by Crippen LogP contribution is -2.38. The van der Waals surface area contributed by atoms with E-state index in [2.05, 4.69) is 0 Å². The Hall–Kier alpha value is -0.410. The molecule has 0 bridgehead atoms. The Labute approximate surface area is 111 Å². The molecule has 1 heterocycles. The third-order valence-corrected chi connectivity index (χ3v) is 5.46. The molecule has 2 aliphatic rings.